The number of aromatic nitrogens is 1. The van der Waals surface area contributed by atoms with E-state index in [1.54, 1.807) is 17.0 Å². The van der Waals surface area contributed by atoms with E-state index in [0.29, 0.717) is 29.9 Å². The van der Waals surface area contributed by atoms with Crippen molar-refractivity contribution in [2.75, 3.05) is 24.3 Å². The number of nitrogens with one attached hydrogen (secondary N) is 1. The number of methoxy groups -OCH3 is 1. The molecule has 0 bridgehead atoms. The average molecular weight is 331 g/mol. The third-order valence-electron chi connectivity index (χ3n) is 3.93. The molecule has 3 rings (SSSR count). The van der Waals surface area contributed by atoms with Gasteiger partial charge in [-0.15, -0.1) is 0 Å². The number of hydrogen-bond donors (Lipinski definition) is 2. The van der Waals surface area contributed by atoms with Gasteiger partial charge in [0.2, 0.25) is 0 Å². The van der Waals surface area contributed by atoms with Crippen molar-refractivity contribution in [2.24, 2.45) is 0 Å². The topological polar surface area (TPSA) is 97.6 Å². The quantitative estimate of drug-likeness (QED) is 0.618. The minimum absolute atomic E-state index is 0.336. The van der Waals surface area contributed by atoms with Crippen LogP contribution in [0.25, 0.3) is 10.9 Å². The lowest BCUT2D eigenvalue weighted by Gasteiger charge is -2.25. The smallest absolute Gasteiger partial charge is 0.414 e. The van der Waals surface area contributed by atoms with Crippen molar-refractivity contribution in [2.45, 2.75) is 32.8 Å². The van der Waals surface area contributed by atoms with Gasteiger partial charge in [-0.3, -0.25) is 4.90 Å². The molecule has 0 radical (unpaired) electrons. The van der Waals surface area contributed by atoms with Gasteiger partial charge in [-0.2, -0.15) is 0 Å². The van der Waals surface area contributed by atoms with Gasteiger partial charge in [0.05, 0.1) is 24.0 Å². The van der Waals surface area contributed by atoms with Crippen molar-refractivity contribution in [3.05, 3.63) is 23.4 Å². The zero-order valence-corrected chi connectivity index (χ0v) is 14.2. The highest BCUT2D eigenvalue weighted by Gasteiger charge is 2.31. The Morgan fingerprint density at radius 3 is 2.62 bits per heavy atom. The first-order valence-corrected chi connectivity index (χ1v) is 7.74. The van der Waals surface area contributed by atoms with Crippen LogP contribution in [0.2, 0.25) is 0 Å². The number of fused-ring (bicyclic) bond motifs is 3. The molecule has 0 aliphatic carbocycles. The number of carbonyl (C=O) groups is 2. The normalized spacial score (nSPS) is 13.9. The van der Waals surface area contributed by atoms with Crippen LogP contribution in [0.4, 0.5) is 16.2 Å². The van der Waals surface area contributed by atoms with Crippen molar-refractivity contribution >= 4 is 34.3 Å². The summed E-state index contributed by atoms with van der Waals surface area (Å²) in [6, 6.07) is 3.46. The molecule has 3 N–H and O–H groups in total. The Morgan fingerprint density at radius 1 is 1.29 bits per heavy atom. The maximum Gasteiger partial charge on any atom is 0.414 e. The van der Waals surface area contributed by atoms with Crippen LogP contribution in [0.3, 0.4) is 0 Å². The molecule has 2 aromatic rings. The number of esters is 1. The molecule has 7 nitrogen and oxygen atoms in total. The van der Waals surface area contributed by atoms with Crippen LogP contribution in [-0.2, 0) is 15.9 Å². The van der Waals surface area contributed by atoms with E-state index < -0.39 is 17.7 Å². The summed E-state index contributed by atoms with van der Waals surface area (Å²) in [5, 5.41) is 0.830. The summed E-state index contributed by atoms with van der Waals surface area (Å²) >= 11 is 0. The number of rotatable bonds is 1. The second kappa shape index (κ2) is 5.43. The third-order valence-corrected chi connectivity index (χ3v) is 3.93. The summed E-state index contributed by atoms with van der Waals surface area (Å²) in [5.41, 5.74) is 8.72. The predicted molar refractivity (Wildman–Crippen MR) is 91.3 cm³/mol. The van der Waals surface area contributed by atoms with Crippen molar-refractivity contribution in [1.29, 1.82) is 0 Å². The Kier molecular flexibility index (Phi) is 3.66. The Labute approximate surface area is 139 Å². The first-order chi connectivity index (χ1) is 11.2. The fourth-order valence-electron chi connectivity index (χ4n) is 2.94. The molecule has 0 spiro atoms. The first-order valence-electron chi connectivity index (χ1n) is 7.74. The minimum atomic E-state index is -0.568. The van der Waals surface area contributed by atoms with Crippen LogP contribution in [0.1, 0.15) is 36.8 Å². The van der Waals surface area contributed by atoms with Crippen LogP contribution in [0.15, 0.2) is 12.1 Å². The molecule has 24 heavy (non-hydrogen) atoms. The fourth-order valence-corrected chi connectivity index (χ4v) is 2.94. The van der Waals surface area contributed by atoms with Crippen molar-refractivity contribution < 1.29 is 19.1 Å². The molecule has 1 aliphatic heterocycles. The van der Waals surface area contributed by atoms with Gasteiger partial charge in [-0.25, -0.2) is 9.59 Å². The monoisotopic (exact) mass is 331 g/mol. The molecule has 0 saturated heterocycles. The van der Waals surface area contributed by atoms with Crippen LogP contribution >= 0.6 is 0 Å². The molecule has 0 unspecified atom stereocenters. The number of H-pyrrole nitrogens is 1. The van der Waals surface area contributed by atoms with E-state index in [1.807, 2.05) is 20.8 Å². The highest BCUT2D eigenvalue weighted by atomic mass is 16.6. The van der Waals surface area contributed by atoms with Gasteiger partial charge in [-0.1, -0.05) is 0 Å². The molecule has 2 heterocycles. The number of nitrogens with zero attached hydrogens (tertiary/aromatic N) is 1. The standard InChI is InChI=1S/C17H21N3O4/c1-17(2,3)24-16(22)20-6-5-9-10-7-12(15(21)23-4)19-14(10)11(18)8-13(9)20/h7-8,19H,5-6,18H2,1-4H3. The van der Waals surface area contributed by atoms with Crippen LogP contribution < -0.4 is 10.6 Å². The molecule has 0 saturated carbocycles. The second-order valence-electron chi connectivity index (χ2n) is 6.81. The summed E-state index contributed by atoms with van der Waals surface area (Å²) in [6.45, 7) is 6.00. The molecule has 0 atom stereocenters. The van der Waals surface area contributed by atoms with E-state index >= 15 is 0 Å². The highest BCUT2D eigenvalue weighted by Crippen LogP contribution is 2.38. The van der Waals surface area contributed by atoms with Gasteiger partial charge in [0.25, 0.3) is 0 Å². The van der Waals surface area contributed by atoms with Gasteiger partial charge in [0.1, 0.15) is 11.3 Å². The summed E-state index contributed by atoms with van der Waals surface area (Å²) in [4.78, 5) is 28.7. The first kappa shape index (κ1) is 16.2. The second-order valence-corrected chi connectivity index (χ2v) is 6.81. The Morgan fingerprint density at radius 2 is 2.00 bits per heavy atom. The molecular formula is C17H21N3O4. The molecule has 1 aliphatic rings. The molecule has 1 amide bonds. The predicted octanol–water partition coefficient (Wildman–Crippen LogP) is 2.83. The van der Waals surface area contributed by atoms with Gasteiger partial charge in [0.15, 0.2) is 0 Å². The van der Waals surface area contributed by atoms with Crippen molar-refractivity contribution in [1.82, 2.24) is 4.98 Å². The minimum Gasteiger partial charge on any atom is -0.464 e. The lowest BCUT2D eigenvalue weighted by Crippen LogP contribution is -2.35. The summed E-state index contributed by atoms with van der Waals surface area (Å²) in [7, 11) is 1.33. The van der Waals surface area contributed by atoms with E-state index in [0.717, 1.165) is 16.6 Å². The van der Waals surface area contributed by atoms with Crippen LogP contribution in [0, 0.1) is 0 Å². The summed E-state index contributed by atoms with van der Waals surface area (Å²) in [5.74, 6) is -0.457. The molecule has 0 fully saturated rings. The Balaban J connectivity index is 2.05. The number of hydrogen-bond acceptors (Lipinski definition) is 5. The number of ether oxygens (including phenoxy) is 2. The largest absolute Gasteiger partial charge is 0.464 e. The number of benzene rings is 1. The lowest BCUT2D eigenvalue weighted by molar-refractivity contribution is 0.0578. The lowest BCUT2D eigenvalue weighted by atomic mass is 10.1. The zero-order valence-electron chi connectivity index (χ0n) is 14.2. The summed E-state index contributed by atoms with van der Waals surface area (Å²) in [6.07, 6.45) is 0.271. The number of nitrogen functional groups attached to an aromatic ring is 1. The maximum atomic E-state index is 12.4. The van der Waals surface area contributed by atoms with Crippen LogP contribution in [0.5, 0.6) is 0 Å². The van der Waals surface area contributed by atoms with E-state index in [4.69, 9.17) is 15.2 Å². The van der Waals surface area contributed by atoms with E-state index in [1.165, 1.54) is 7.11 Å². The SMILES string of the molecule is COC(=O)c1cc2c3c(cc(N)c2[nH]1)N(C(=O)OC(C)(C)C)CC3. The molecular weight excluding hydrogens is 310 g/mol. The Hall–Kier alpha value is -2.70. The number of anilines is 2. The Bertz CT molecular complexity index is 832. The number of aromatic amines is 1. The van der Waals surface area contributed by atoms with Gasteiger partial charge in [-0.05, 0) is 44.9 Å². The van der Waals surface area contributed by atoms with Crippen molar-refractivity contribution in [3.63, 3.8) is 0 Å². The highest BCUT2D eigenvalue weighted by molar-refractivity contribution is 6.05. The molecule has 1 aromatic heterocycles. The van der Waals surface area contributed by atoms with E-state index in [-0.39, 0.29) is 0 Å². The average Bonchev–Trinajstić information content (AvgIpc) is 3.08. The molecule has 7 heteroatoms. The van der Waals surface area contributed by atoms with Gasteiger partial charge < -0.3 is 20.2 Å². The van der Waals surface area contributed by atoms with Crippen LogP contribution in [-0.4, -0.2) is 36.3 Å². The van der Waals surface area contributed by atoms with E-state index in [2.05, 4.69) is 4.98 Å². The third kappa shape index (κ3) is 2.66. The summed E-state index contributed by atoms with van der Waals surface area (Å²) < 4.78 is 10.2. The zero-order chi connectivity index (χ0) is 17.6. The number of carbonyl (C=O) groups excluding carboxylic acids is 2. The van der Waals surface area contributed by atoms with Gasteiger partial charge >= 0.3 is 12.1 Å². The molecule has 128 valence electrons. The van der Waals surface area contributed by atoms with Gasteiger partial charge in [0, 0.05) is 11.9 Å². The van der Waals surface area contributed by atoms with E-state index in [9.17, 15) is 9.59 Å². The van der Waals surface area contributed by atoms with Crippen molar-refractivity contribution in [3.8, 4) is 0 Å². The number of amides is 1. The fraction of sp³-hybridized carbons (Fsp3) is 0.412. The maximum absolute atomic E-state index is 12.4. The molecule has 1 aromatic carbocycles. The number of nitrogens with two attached hydrogens (primary N) is 1.